The first-order valence-electron chi connectivity index (χ1n) is 7.23. The minimum absolute atomic E-state index is 0.0311. The molecule has 0 radical (unpaired) electrons. The first-order chi connectivity index (χ1) is 9.77. The third kappa shape index (κ3) is 1.61. The summed E-state index contributed by atoms with van der Waals surface area (Å²) < 4.78 is 0. The molecule has 1 unspecified atom stereocenters. The van der Waals surface area contributed by atoms with Crippen molar-refractivity contribution in [2.45, 2.75) is 18.8 Å². The molecule has 0 bridgehead atoms. The highest BCUT2D eigenvalue weighted by Gasteiger charge is 2.41. The Morgan fingerprint density at radius 2 is 1.60 bits per heavy atom. The average molecular weight is 263 g/mol. The summed E-state index contributed by atoms with van der Waals surface area (Å²) in [5.41, 5.74) is 4.62. The molecule has 1 amide bonds. The Balaban J connectivity index is 2.01. The molecule has 2 heteroatoms. The van der Waals surface area contributed by atoms with Gasteiger partial charge in [0.15, 0.2) is 0 Å². The topological polar surface area (TPSA) is 20.3 Å². The van der Waals surface area contributed by atoms with Crippen molar-refractivity contribution in [3.05, 3.63) is 54.1 Å². The molecule has 1 heterocycles. The number of amides is 1. The molecule has 4 rings (SSSR count). The molecule has 1 atom stereocenters. The van der Waals surface area contributed by atoms with E-state index in [1.54, 1.807) is 0 Å². The lowest BCUT2D eigenvalue weighted by Crippen LogP contribution is -2.31. The number of anilines is 1. The molecule has 1 aliphatic heterocycles. The third-order valence-electron chi connectivity index (χ3n) is 4.54. The highest BCUT2D eigenvalue weighted by molar-refractivity contribution is 6.05. The summed E-state index contributed by atoms with van der Waals surface area (Å²) in [7, 11) is 1.91. The molecule has 1 fully saturated rings. The minimum atomic E-state index is 0.0311. The average Bonchev–Trinajstić information content (AvgIpc) is 3.31. The van der Waals surface area contributed by atoms with Gasteiger partial charge in [-0.25, -0.2) is 0 Å². The second kappa shape index (κ2) is 4.20. The molecule has 2 aliphatic rings. The summed E-state index contributed by atoms with van der Waals surface area (Å²) >= 11 is 0. The van der Waals surface area contributed by atoms with Crippen LogP contribution in [-0.4, -0.2) is 13.0 Å². The summed E-state index contributed by atoms with van der Waals surface area (Å²) in [4.78, 5) is 14.7. The van der Waals surface area contributed by atoms with Gasteiger partial charge in [0.2, 0.25) is 5.91 Å². The molecule has 0 spiro atoms. The Labute approximate surface area is 119 Å². The van der Waals surface area contributed by atoms with Crippen LogP contribution in [-0.2, 0) is 4.79 Å². The highest BCUT2D eigenvalue weighted by atomic mass is 16.2. The van der Waals surface area contributed by atoms with Crippen LogP contribution in [0.4, 0.5) is 5.69 Å². The molecule has 0 saturated heterocycles. The van der Waals surface area contributed by atoms with Crippen LogP contribution < -0.4 is 4.90 Å². The Kier molecular flexibility index (Phi) is 2.46. The zero-order valence-electron chi connectivity index (χ0n) is 11.5. The number of carbonyl (C=O) groups is 1. The maximum absolute atomic E-state index is 12.9. The molecule has 100 valence electrons. The number of hydrogen-bond donors (Lipinski definition) is 0. The van der Waals surface area contributed by atoms with Crippen molar-refractivity contribution in [2.24, 2.45) is 5.92 Å². The number of rotatable bonds is 1. The largest absolute Gasteiger partial charge is 0.314 e. The van der Waals surface area contributed by atoms with E-state index in [2.05, 4.69) is 30.3 Å². The van der Waals surface area contributed by atoms with E-state index in [4.69, 9.17) is 0 Å². The SMILES string of the molecule is CN1C(=O)C(C2CC2)c2ccccc2-c2ccccc21. The molecule has 2 nitrogen and oxygen atoms in total. The summed E-state index contributed by atoms with van der Waals surface area (Å²) in [5.74, 6) is 0.800. The normalized spacial score (nSPS) is 21.1. The van der Waals surface area contributed by atoms with E-state index in [1.165, 1.54) is 29.5 Å². The lowest BCUT2D eigenvalue weighted by molar-refractivity contribution is -0.120. The van der Waals surface area contributed by atoms with Gasteiger partial charge in [-0.15, -0.1) is 0 Å². The number of fused-ring (bicyclic) bond motifs is 3. The Hall–Kier alpha value is -2.09. The zero-order valence-corrected chi connectivity index (χ0v) is 11.5. The van der Waals surface area contributed by atoms with Gasteiger partial charge in [0.25, 0.3) is 0 Å². The van der Waals surface area contributed by atoms with Crippen molar-refractivity contribution in [3.8, 4) is 11.1 Å². The van der Waals surface area contributed by atoms with Gasteiger partial charge in [0, 0.05) is 12.6 Å². The quantitative estimate of drug-likeness (QED) is 0.766. The van der Waals surface area contributed by atoms with E-state index in [-0.39, 0.29) is 11.8 Å². The number of hydrogen-bond acceptors (Lipinski definition) is 1. The molecule has 0 N–H and O–H groups in total. The molecule has 2 aromatic rings. The van der Waals surface area contributed by atoms with Crippen molar-refractivity contribution >= 4 is 11.6 Å². The summed E-state index contributed by atoms with van der Waals surface area (Å²) in [5, 5.41) is 0. The first-order valence-corrected chi connectivity index (χ1v) is 7.23. The van der Waals surface area contributed by atoms with Gasteiger partial charge in [0.05, 0.1) is 11.6 Å². The van der Waals surface area contributed by atoms with Gasteiger partial charge in [-0.3, -0.25) is 4.79 Å². The predicted molar refractivity (Wildman–Crippen MR) is 80.8 cm³/mol. The molecular weight excluding hydrogens is 246 g/mol. The van der Waals surface area contributed by atoms with E-state index in [9.17, 15) is 4.79 Å². The van der Waals surface area contributed by atoms with Crippen LogP contribution in [0.15, 0.2) is 48.5 Å². The van der Waals surface area contributed by atoms with Crippen LogP contribution in [0, 0.1) is 5.92 Å². The van der Waals surface area contributed by atoms with E-state index in [0.29, 0.717) is 5.92 Å². The van der Waals surface area contributed by atoms with Crippen LogP contribution >= 0.6 is 0 Å². The molecule has 0 aromatic heterocycles. The maximum Gasteiger partial charge on any atom is 0.234 e. The van der Waals surface area contributed by atoms with Gasteiger partial charge in [0.1, 0.15) is 0 Å². The Morgan fingerprint density at radius 1 is 0.950 bits per heavy atom. The van der Waals surface area contributed by atoms with Crippen molar-refractivity contribution in [2.75, 3.05) is 11.9 Å². The van der Waals surface area contributed by atoms with Crippen molar-refractivity contribution in [3.63, 3.8) is 0 Å². The van der Waals surface area contributed by atoms with E-state index in [1.807, 2.05) is 30.1 Å². The highest BCUT2D eigenvalue weighted by Crippen LogP contribution is 2.49. The summed E-state index contributed by atoms with van der Waals surface area (Å²) in [6.45, 7) is 0. The fraction of sp³-hybridized carbons (Fsp3) is 0.278. The van der Waals surface area contributed by atoms with Gasteiger partial charge < -0.3 is 4.90 Å². The Bertz CT molecular complexity index is 687. The van der Waals surface area contributed by atoms with Crippen LogP contribution in [0.2, 0.25) is 0 Å². The lowest BCUT2D eigenvalue weighted by Gasteiger charge is -2.21. The standard InChI is InChI=1S/C18H17NO/c1-19-16-9-5-4-7-14(16)13-6-2-3-8-15(13)17(18(19)20)12-10-11-12/h2-9,12,17H,10-11H2,1H3. The second-order valence-electron chi connectivity index (χ2n) is 5.82. The predicted octanol–water partition coefficient (Wildman–Crippen LogP) is 3.82. The molecule has 1 saturated carbocycles. The minimum Gasteiger partial charge on any atom is -0.314 e. The van der Waals surface area contributed by atoms with Crippen LogP contribution in [0.25, 0.3) is 11.1 Å². The van der Waals surface area contributed by atoms with Crippen molar-refractivity contribution in [1.82, 2.24) is 0 Å². The first kappa shape index (κ1) is 11.7. The smallest absolute Gasteiger partial charge is 0.234 e. The fourth-order valence-corrected chi connectivity index (χ4v) is 3.35. The molecule has 1 aliphatic carbocycles. The van der Waals surface area contributed by atoms with Crippen LogP contribution in [0.1, 0.15) is 24.3 Å². The number of nitrogens with zero attached hydrogens (tertiary/aromatic N) is 1. The number of likely N-dealkylation sites (N-methyl/N-ethyl adjacent to an activating group) is 1. The molecule has 20 heavy (non-hydrogen) atoms. The second-order valence-corrected chi connectivity index (χ2v) is 5.82. The monoisotopic (exact) mass is 263 g/mol. The van der Waals surface area contributed by atoms with E-state index >= 15 is 0 Å². The molecule has 2 aromatic carbocycles. The summed E-state index contributed by atoms with van der Waals surface area (Å²) in [6, 6.07) is 16.6. The van der Waals surface area contributed by atoms with Gasteiger partial charge in [-0.2, -0.15) is 0 Å². The molecular formula is C18H17NO. The van der Waals surface area contributed by atoms with Gasteiger partial charge in [-0.1, -0.05) is 42.5 Å². The number of carbonyl (C=O) groups excluding carboxylic acids is 1. The van der Waals surface area contributed by atoms with Crippen LogP contribution in [0.3, 0.4) is 0 Å². The fourth-order valence-electron chi connectivity index (χ4n) is 3.35. The van der Waals surface area contributed by atoms with Crippen molar-refractivity contribution < 1.29 is 4.79 Å². The maximum atomic E-state index is 12.9. The van der Waals surface area contributed by atoms with Gasteiger partial charge in [-0.05, 0) is 36.0 Å². The Morgan fingerprint density at radius 3 is 2.35 bits per heavy atom. The van der Waals surface area contributed by atoms with E-state index < -0.39 is 0 Å². The number of benzene rings is 2. The lowest BCUT2D eigenvalue weighted by atomic mass is 9.88. The summed E-state index contributed by atoms with van der Waals surface area (Å²) in [6.07, 6.45) is 2.35. The van der Waals surface area contributed by atoms with Crippen molar-refractivity contribution in [1.29, 1.82) is 0 Å². The zero-order chi connectivity index (χ0) is 13.7. The number of para-hydroxylation sites is 1. The van der Waals surface area contributed by atoms with Crippen LogP contribution in [0.5, 0.6) is 0 Å². The van der Waals surface area contributed by atoms with Gasteiger partial charge >= 0.3 is 0 Å². The third-order valence-corrected chi connectivity index (χ3v) is 4.54. The van der Waals surface area contributed by atoms with E-state index in [0.717, 1.165) is 5.69 Å².